The van der Waals surface area contributed by atoms with Crippen molar-refractivity contribution in [3.05, 3.63) is 34.6 Å². The minimum Gasteiger partial charge on any atom is -0.313 e. The second-order valence-electron chi connectivity index (χ2n) is 5.61. The van der Waals surface area contributed by atoms with E-state index in [0.717, 1.165) is 18.4 Å². The molecule has 1 nitrogen and oxygen atoms in total. The Morgan fingerprint density at radius 3 is 2.47 bits per heavy atom. The van der Waals surface area contributed by atoms with E-state index in [9.17, 15) is 4.39 Å². The molecule has 1 aromatic carbocycles. The van der Waals surface area contributed by atoms with Gasteiger partial charge in [0.15, 0.2) is 0 Å². The number of nitrogens with one attached hydrogen (secondary N) is 1. The molecule has 1 unspecified atom stereocenters. The van der Waals surface area contributed by atoms with Crippen LogP contribution >= 0.6 is 11.6 Å². The monoisotopic (exact) mass is 257 g/mol. The van der Waals surface area contributed by atoms with E-state index < -0.39 is 0 Å². The van der Waals surface area contributed by atoms with E-state index >= 15 is 0 Å². The summed E-state index contributed by atoms with van der Waals surface area (Å²) in [5, 5.41) is 3.74. The summed E-state index contributed by atoms with van der Waals surface area (Å²) < 4.78 is 13.0. The number of rotatable bonds is 4. The van der Waals surface area contributed by atoms with E-state index in [4.69, 9.17) is 11.6 Å². The Kier molecular flexibility index (Phi) is 4.96. The highest BCUT2D eigenvalue weighted by molar-refractivity contribution is 6.31. The van der Waals surface area contributed by atoms with Gasteiger partial charge in [0, 0.05) is 11.1 Å². The number of hydrogen-bond acceptors (Lipinski definition) is 1. The Morgan fingerprint density at radius 2 is 2.00 bits per heavy atom. The summed E-state index contributed by atoms with van der Waals surface area (Å²) in [7, 11) is 1.91. The normalized spacial score (nSPS) is 13.8. The minimum atomic E-state index is -0.288. The zero-order valence-electron chi connectivity index (χ0n) is 11.0. The molecule has 0 saturated heterocycles. The van der Waals surface area contributed by atoms with Gasteiger partial charge in [0.05, 0.1) is 0 Å². The van der Waals surface area contributed by atoms with Crippen molar-refractivity contribution < 1.29 is 4.39 Å². The van der Waals surface area contributed by atoms with Gasteiger partial charge in [-0.1, -0.05) is 38.4 Å². The van der Waals surface area contributed by atoms with Gasteiger partial charge in [-0.05, 0) is 43.0 Å². The predicted octanol–water partition coefficient (Wildman–Crippen LogP) is 4.57. The molecule has 1 aromatic rings. The molecule has 0 bridgehead atoms. The van der Waals surface area contributed by atoms with E-state index in [1.165, 1.54) is 12.1 Å². The van der Waals surface area contributed by atoms with Crippen LogP contribution in [-0.4, -0.2) is 7.05 Å². The summed E-state index contributed by atoms with van der Waals surface area (Å²) >= 11 is 6.07. The molecule has 0 saturated carbocycles. The molecule has 0 spiro atoms. The van der Waals surface area contributed by atoms with Crippen LogP contribution in [0.3, 0.4) is 0 Å². The third-order valence-electron chi connectivity index (χ3n) is 2.87. The molecule has 0 amide bonds. The highest BCUT2D eigenvalue weighted by Crippen LogP contribution is 2.30. The maximum Gasteiger partial charge on any atom is 0.124 e. The molecular weight excluding hydrogens is 237 g/mol. The molecule has 0 fully saturated rings. The van der Waals surface area contributed by atoms with Crippen molar-refractivity contribution in [2.24, 2.45) is 5.41 Å². The molecule has 0 aliphatic rings. The van der Waals surface area contributed by atoms with Gasteiger partial charge in [0.1, 0.15) is 5.82 Å². The first-order valence-corrected chi connectivity index (χ1v) is 6.33. The first-order chi connectivity index (χ1) is 7.83. The van der Waals surface area contributed by atoms with Crippen LogP contribution in [0.4, 0.5) is 4.39 Å². The van der Waals surface area contributed by atoms with Crippen molar-refractivity contribution in [3.8, 4) is 0 Å². The smallest absolute Gasteiger partial charge is 0.124 e. The third-order valence-corrected chi connectivity index (χ3v) is 3.20. The van der Waals surface area contributed by atoms with Gasteiger partial charge in [-0.25, -0.2) is 4.39 Å². The van der Waals surface area contributed by atoms with Crippen LogP contribution < -0.4 is 5.32 Å². The average molecular weight is 258 g/mol. The molecule has 1 atom stereocenters. The summed E-state index contributed by atoms with van der Waals surface area (Å²) in [5.74, 6) is -0.288. The maximum atomic E-state index is 13.0. The lowest BCUT2D eigenvalue weighted by atomic mass is 9.87. The third kappa shape index (κ3) is 4.64. The molecule has 0 aliphatic carbocycles. The molecular formula is C14H21ClFN. The summed E-state index contributed by atoms with van der Waals surface area (Å²) in [6, 6.07) is 4.78. The Labute approximate surface area is 108 Å². The van der Waals surface area contributed by atoms with Crippen molar-refractivity contribution in [2.45, 2.75) is 39.7 Å². The Bertz CT molecular complexity index is 371. The van der Waals surface area contributed by atoms with Crippen molar-refractivity contribution in [1.29, 1.82) is 0 Å². The molecule has 96 valence electrons. The van der Waals surface area contributed by atoms with Gasteiger partial charge in [-0.15, -0.1) is 0 Å². The number of benzene rings is 1. The lowest BCUT2D eigenvalue weighted by molar-refractivity contribution is 0.338. The summed E-state index contributed by atoms with van der Waals surface area (Å²) in [4.78, 5) is 0. The van der Waals surface area contributed by atoms with Gasteiger partial charge in [0.25, 0.3) is 0 Å². The van der Waals surface area contributed by atoms with E-state index in [0.29, 0.717) is 10.4 Å². The van der Waals surface area contributed by atoms with Crippen molar-refractivity contribution >= 4 is 11.6 Å². The van der Waals surface area contributed by atoms with E-state index in [2.05, 4.69) is 26.1 Å². The van der Waals surface area contributed by atoms with Gasteiger partial charge in [0.2, 0.25) is 0 Å². The quantitative estimate of drug-likeness (QED) is 0.833. The van der Waals surface area contributed by atoms with E-state index in [1.807, 2.05) is 7.05 Å². The summed E-state index contributed by atoms with van der Waals surface area (Å²) in [6.45, 7) is 6.64. The second-order valence-corrected chi connectivity index (χ2v) is 6.01. The fraction of sp³-hybridized carbons (Fsp3) is 0.571. The minimum absolute atomic E-state index is 0.183. The van der Waals surface area contributed by atoms with Crippen LogP contribution in [0, 0.1) is 11.2 Å². The second kappa shape index (κ2) is 5.83. The molecule has 1 N–H and O–H groups in total. The van der Waals surface area contributed by atoms with E-state index in [1.54, 1.807) is 6.07 Å². The molecule has 0 aromatic heterocycles. The highest BCUT2D eigenvalue weighted by atomic mass is 35.5. The van der Waals surface area contributed by atoms with Crippen molar-refractivity contribution in [2.75, 3.05) is 7.05 Å². The van der Waals surface area contributed by atoms with Crippen molar-refractivity contribution in [3.63, 3.8) is 0 Å². The molecule has 0 radical (unpaired) electrons. The summed E-state index contributed by atoms with van der Waals surface area (Å²) in [6.07, 6.45) is 2.08. The SMILES string of the molecule is CNC(CCC(C)(C)C)c1ccc(F)cc1Cl. The molecule has 0 heterocycles. The molecule has 3 heteroatoms. The first-order valence-electron chi connectivity index (χ1n) is 5.96. The van der Waals surface area contributed by atoms with Crippen LogP contribution in [0.5, 0.6) is 0 Å². The molecule has 1 rings (SSSR count). The van der Waals surface area contributed by atoms with Crippen LogP contribution in [0.25, 0.3) is 0 Å². The molecule has 0 aliphatic heterocycles. The lowest BCUT2D eigenvalue weighted by Gasteiger charge is -2.23. The predicted molar refractivity (Wildman–Crippen MR) is 71.9 cm³/mol. The fourth-order valence-electron chi connectivity index (χ4n) is 1.82. The molecule has 17 heavy (non-hydrogen) atoms. The Morgan fingerprint density at radius 1 is 1.35 bits per heavy atom. The van der Waals surface area contributed by atoms with Crippen LogP contribution in [0.15, 0.2) is 18.2 Å². The lowest BCUT2D eigenvalue weighted by Crippen LogP contribution is -2.19. The standard InChI is InChI=1S/C14H21ClFN/c1-14(2,3)8-7-13(17-4)11-6-5-10(16)9-12(11)15/h5-6,9,13,17H,7-8H2,1-4H3. The Hall–Kier alpha value is -0.600. The summed E-state index contributed by atoms with van der Waals surface area (Å²) in [5.41, 5.74) is 1.27. The zero-order valence-corrected chi connectivity index (χ0v) is 11.7. The number of hydrogen-bond donors (Lipinski definition) is 1. The number of halogens is 2. The van der Waals surface area contributed by atoms with Gasteiger partial charge >= 0.3 is 0 Å². The fourth-order valence-corrected chi connectivity index (χ4v) is 2.12. The van der Waals surface area contributed by atoms with Crippen molar-refractivity contribution in [1.82, 2.24) is 5.32 Å². The first kappa shape index (κ1) is 14.5. The van der Waals surface area contributed by atoms with Gasteiger partial charge in [-0.3, -0.25) is 0 Å². The van der Waals surface area contributed by atoms with E-state index in [-0.39, 0.29) is 11.9 Å². The topological polar surface area (TPSA) is 12.0 Å². The van der Waals surface area contributed by atoms with Crippen LogP contribution in [-0.2, 0) is 0 Å². The average Bonchev–Trinajstić information content (AvgIpc) is 2.19. The largest absolute Gasteiger partial charge is 0.313 e. The highest BCUT2D eigenvalue weighted by Gasteiger charge is 2.17. The Balaban J connectivity index is 2.79. The van der Waals surface area contributed by atoms with Gasteiger partial charge in [-0.2, -0.15) is 0 Å². The maximum absolute atomic E-state index is 13.0. The van der Waals surface area contributed by atoms with Gasteiger partial charge < -0.3 is 5.32 Å². The zero-order chi connectivity index (χ0) is 13.1. The van der Waals surface area contributed by atoms with Crippen LogP contribution in [0.2, 0.25) is 5.02 Å². The van der Waals surface area contributed by atoms with Crippen LogP contribution in [0.1, 0.15) is 45.2 Å².